The molecular formula is C18H25N5O3. The van der Waals surface area contributed by atoms with Gasteiger partial charge < -0.3 is 14.6 Å². The fraction of sp³-hybridized carbons (Fsp3) is 0.556. The van der Waals surface area contributed by atoms with Gasteiger partial charge in [0.15, 0.2) is 5.82 Å². The average molecular weight is 359 g/mol. The smallest absolute Gasteiger partial charge is 0.229 e. The lowest BCUT2D eigenvalue weighted by Gasteiger charge is -2.16. The lowest BCUT2D eigenvalue weighted by atomic mass is 10.2. The monoisotopic (exact) mass is 359 g/mol. The summed E-state index contributed by atoms with van der Waals surface area (Å²) in [5, 5.41) is 6.78. The number of rotatable bonds is 7. The number of nitrogens with zero attached hydrogens (tertiary/aromatic N) is 4. The third-order valence-electron chi connectivity index (χ3n) is 4.18. The Labute approximate surface area is 152 Å². The van der Waals surface area contributed by atoms with Gasteiger partial charge in [-0.15, -0.1) is 0 Å². The molecule has 1 N–H and O–H groups in total. The maximum atomic E-state index is 11.0. The van der Waals surface area contributed by atoms with Gasteiger partial charge in [0.25, 0.3) is 0 Å². The number of amides is 1. The molecule has 1 amide bonds. The lowest BCUT2D eigenvalue weighted by Crippen LogP contribution is -2.25. The van der Waals surface area contributed by atoms with Gasteiger partial charge in [0.2, 0.25) is 11.8 Å². The van der Waals surface area contributed by atoms with E-state index in [4.69, 9.17) is 9.26 Å². The summed E-state index contributed by atoms with van der Waals surface area (Å²) in [6.45, 7) is 8.37. The van der Waals surface area contributed by atoms with Crippen molar-refractivity contribution in [1.82, 2.24) is 25.3 Å². The molecule has 0 spiro atoms. The molecule has 0 aliphatic carbocycles. The van der Waals surface area contributed by atoms with E-state index in [0.717, 1.165) is 36.8 Å². The number of aromatic nitrogens is 3. The molecule has 2 aromatic heterocycles. The highest BCUT2D eigenvalue weighted by molar-refractivity contribution is 5.72. The highest BCUT2D eigenvalue weighted by Crippen LogP contribution is 2.20. The standard InChI is InChI=1S/C18H25N5O3/c1-12(2)18-21-17(22-26-18)11-23-7-5-16(10-23)25-15-4-6-19-14(8-15)9-20-13(3)24/h4,6,8,12,16H,5,7,9-11H2,1-3H3,(H,20,24). The zero-order valence-corrected chi connectivity index (χ0v) is 15.4. The maximum absolute atomic E-state index is 11.0. The van der Waals surface area contributed by atoms with Gasteiger partial charge >= 0.3 is 0 Å². The second-order valence-corrected chi connectivity index (χ2v) is 6.86. The molecule has 1 saturated heterocycles. The number of hydrogen-bond acceptors (Lipinski definition) is 7. The van der Waals surface area contributed by atoms with E-state index in [9.17, 15) is 4.79 Å². The van der Waals surface area contributed by atoms with E-state index in [1.54, 1.807) is 6.20 Å². The molecule has 1 atom stereocenters. The molecule has 3 heterocycles. The first kappa shape index (κ1) is 18.3. The Morgan fingerprint density at radius 1 is 1.50 bits per heavy atom. The molecule has 0 radical (unpaired) electrons. The summed E-state index contributed by atoms with van der Waals surface area (Å²) in [5.41, 5.74) is 0.778. The van der Waals surface area contributed by atoms with Crippen LogP contribution < -0.4 is 10.1 Å². The third kappa shape index (κ3) is 5.01. The van der Waals surface area contributed by atoms with Crippen LogP contribution >= 0.6 is 0 Å². The van der Waals surface area contributed by atoms with Crippen LogP contribution in [-0.2, 0) is 17.9 Å². The Hall–Kier alpha value is -2.48. The number of pyridine rings is 1. The minimum absolute atomic E-state index is 0.0772. The summed E-state index contributed by atoms with van der Waals surface area (Å²) in [5.74, 6) is 2.33. The fourth-order valence-corrected chi connectivity index (χ4v) is 2.84. The van der Waals surface area contributed by atoms with Crippen molar-refractivity contribution in [2.75, 3.05) is 13.1 Å². The summed E-state index contributed by atoms with van der Waals surface area (Å²) < 4.78 is 11.3. The molecule has 1 fully saturated rings. The summed E-state index contributed by atoms with van der Waals surface area (Å²) in [6.07, 6.45) is 2.76. The van der Waals surface area contributed by atoms with Crippen LogP contribution in [0.5, 0.6) is 5.75 Å². The molecule has 0 aromatic carbocycles. The van der Waals surface area contributed by atoms with Crippen LogP contribution in [0.25, 0.3) is 0 Å². The predicted octanol–water partition coefficient (Wildman–Crippen LogP) is 1.88. The number of nitrogens with one attached hydrogen (secondary N) is 1. The van der Waals surface area contributed by atoms with E-state index < -0.39 is 0 Å². The van der Waals surface area contributed by atoms with E-state index in [1.165, 1.54) is 6.92 Å². The van der Waals surface area contributed by atoms with Gasteiger partial charge in [0.1, 0.15) is 11.9 Å². The van der Waals surface area contributed by atoms with Crippen LogP contribution in [0.3, 0.4) is 0 Å². The minimum atomic E-state index is -0.0772. The zero-order valence-electron chi connectivity index (χ0n) is 15.4. The molecule has 8 nitrogen and oxygen atoms in total. The second-order valence-electron chi connectivity index (χ2n) is 6.86. The topological polar surface area (TPSA) is 93.4 Å². The van der Waals surface area contributed by atoms with Crippen LogP contribution in [0.2, 0.25) is 0 Å². The highest BCUT2D eigenvalue weighted by Gasteiger charge is 2.25. The number of carbonyl (C=O) groups is 1. The van der Waals surface area contributed by atoms with Gasteiger partial charge in [-0.05, 0) is 12.5 Å². The summed E-state index contributed by atoms with van der Waals surface area (Å²) in [6, 6.07) is 3.71. The Kier molecular flexibility index (Phi) is 5.82. The van der Waals surface area contributed by atoms with Gasteiger partial charge in [0, 0.05) is 38.2 Å². The predicted molar refractivity (Wildman–Crippen MR) is 94.5 cm³/mol. The molecule has 1 unspecified atom stereocenters. The third-order valence-corrected chi connectivity index (χ3v) is 4.18. The normalized spacial score (nSPS) is 17.6. The van der Waals surface area contributed by atoms with E-state index >= 15 is 0 Å². The summed E-state index contributed by atoms with van der Waals surface area (Å²) in [4.78, 5) is 21.9. The quantitative estimate of drug-likeness (QED) is 0.806. The summed E-state index contributed by atoms with van der Waals surface area (Å²) >= 11 is 0. The molecule has 8 heteroatoms. The van der Waals surface area contributed by atoms with Crippen molar-refractivity contribution in [1.29, 1.82) is 0 Å². The van der Waals surface area contributed by atoms with Gasteiger partial charge in [-0.25, -0.2) is 0 Å². The Bertz CT molecular complexity index is 746. The van der Waals surface area contributed by atoms with Crippen molar-refractivity contribution in [2.45, 2.75) is 52.3 Å². The van der Waals surface area contributed by atoms with Crippen molar-refractivity contribution in [2.24, 2.45) is 0 Å². The molecule has 140 valence electrons. The number of carbonyl (C=O) groups excluding carboxylic acids is 1. The Balaban J connectivity index is 1.51. The van der Waals surface area contributed by atoms with Crippen molar-refractivity contribution >= 4 is 5.91 Å². The van der Waals surface area contributed by atoms with Crippen LogP contribution in [0.15, 0.2) is 22.9 Å². The van der Waals surface area contributed by atoms with Gasteiger partial charge in [0.05, 0.1) is 18.8 Å². The first-order valence-corrected chi connectivity index (χ1v) is 8.90. The van der Waals surface area contributed by atoms with Crippen molar-refractivity contribution in [3.05, 3.63) is 35.7 Å². The fourth-order valence-electron chi connectivity index (χ4n) is 2.84. The van der Waals surface area contributed by atoms with E-state index in [0.29, 0.717) is 19.0 Å². The van der Waals surface area contributed by atoms with Gasteiger partial charge in [-0.2, -0.15) is 4.98 Å². The van der Waals surface area contributed by atoms with Crippen molar-refractivity contribution in [3.8, 4) is 5.75 Å². The molecule has 1 aliphatic heterocycles. The molecule has 2 aromatic rings. The number of ether oxygens (including phenoxy) is 1. The van der Waals surface area contributed by atoms with Crippen molar-refractivity contribution in [3.63, 3.8) is 0 Å². The molecule has 1 aliphatic rings. The SMILES string of the molecule is CC(=O)NCc1cc(OC2CCN(Cc3noc(C(C)C)n3)C2)ccn1. The Morgan fingerprint density at radius 2 is 2.35 bits per heavy atom. The van der Waals surface area contributed by atoms with Gasteiger partial charge in [-0.3, -0.25) is 14.7 Å². The Morgan fingerprint density at radius 3 is 3.08 bits per heavy atom. The van der Waals surface area contributed by atoms with Crippen molar-refractivity contribution < 1.29 is 14.1 Å². The number of hydrogen-bond donors (Lipinski definition) is 1. The maximum Gasteiger partial charge on any atom is 0.229 e. The number of likely N-dealkylation sites (tertiary alicyclic amines) is 1. The van der Waals surface area contributed by atoms with Gasteiger partial charge in [-0.1, -0.05) is 19.0 Å². The second kappa shape index (κ2) is 8.27. The molecule has 26 heavy (non-hydrogen) atoms. The molecule has 0 saturated carbocycles. The first-order valence-electron chi connectivity index (χ1n) is 8.90. The summed E-state index contributed by atoms with van der Waals surface area (Å²) in [7, 11) is 0. The van der Waals surface area contributed by atoms with Crippen LogP contribution in [-0.4, -0.2) is 45.1 Å². The van der Waals surface area contributed by atoms with Crippen LogP contribution in [0.1, 0.15) is 50.5 Å². The lowest BCUT2D eigenvalue weighted by molar-refractivity contribution is -0.119. The van der Waals surface area contributed by atoms with Crippen LogP contribution in [0.4, 0.5) is 0 Å². The average Bonchev–Trinajstić information content (AvgIpc) is 3.23. The zero-order chi connectivity index (χ0) is 18.5. The first-order chi connectivity index (χ1) is 12.5. The minimum Gasteiger partial charge on any atom is -0.489 e. The molecule has 3 rings (SSSR count). The molecule has 0 bridgehead atoms. The van der Waals surface area contributed by atoms with E-state index in [-0.39, 0.29) is 17.9 Å². The van der Waals surface area contributed by atoms with Crippen LogP contribution in [0, 0.1) is 0 Å². The van der Waals surface area contributed by atoms with E-state index in [1.807, 2.05) is 26.0 Å². The highest BCUT2D eigenvalue weighted by atomic mass is 16.5. The van der Waals surface area contributed by atoms with E-state index in [2.05, 4.69) is 25.3 Å². The molecular weight excluding hydrogens is 334 g/mol. The largest absolute Gasteiger partial charge is 0.489 e.